The number of aryl methyl sites for hydroxylation is 1. The monoisotopic (exact) mass is 579 g/mol. The average Bonchev–Trinajstić information content (AvgIpc) is 3.59. The fraction of sp³-hybridized carbons (Fsp3) is 0.303. The molecule has 3 amide bonds. The van der Waals surface area contributed by atoms with Crippen molar-refractivity contribution in [3.63, 3.8) is 0 Å². The Morgan fingerprint density at radius 1 is 0.884 bits per heavy atom. The van der Waals surface area contributed by atoms with Gasteiger partial charge in [0.15, 0.2) is 5.78 Å². The number of benzene rings is 2. The van der Waals surface area contributed by atoms with Crippen LogP contribution in [0, 0.1) is 11.3 Å². The summed E-state index contributed by atoms with van der Waals surface area (Å²) in [5, 5.41) is 13.4. The van der Waals surface area contributed by atoms with Gasteiger partial charge < -0.3 is 19.2 Å². The summed E-state index contributed by atoms with van der Waals surface area (Å²) in [5.74, 6) is -1.36. The van der Waals surface area contributed by atoms with E-state index in [2.05, 4.69) is 11.4 Å². The highest BCUT2D eigenvalue weighted by Gasteiger charge is 2.41. The number of carbonyl (C=O) groups is 4. The summed E-state index contributed by atoms with van der Waals surface area (Å²) in [5.41, 5.74) is 2.65. The Kier molecular flexibility index (Phi) is 7.91. The zero-order valence-electron chi connectivity index (χ0n) is 24.6. The number of carbonyl (C=O) groups excluding carboxylic acids is 4. The van der Waals surface area contributed by atoms with Gasteiger partial charge in [0, 0.05) is 64.8 Å². The van der Waals surface area contributed by atoms with E-state index in [1.54, 1.807) is 31.5 Å². The van der Waals surface area contributed by atoms with Crippen LogP contribution in [-0.2, 0) is 32.2 Å². The van der Waals surface area contributed by atoms with E-state index in [1.165, 1.54) is 0 Å². The van der Waals surface area contributed by atoms with Gasteiger partial charge in [-0.2, -0.15) is 5.26 Å². The van der Waals surface area contributed by atoms with Gasteiger partial charge >= 0.3 is 6.09 Å². The van der Waals surface area contributed by atoms with Crippen LogP contribution in [0.2, 0.25) is 0 Å². The molecule has 1 N–H and O–H groups in total. The molecule has 10 heteroatoms. The molecule has 4 aromatic rings. The molecule has 0 radical (unpaired) electrons. The fourth-order valence-corrected chi connectivity index (χ4v) is 5.45. The normalized spacial score (nSPS) is 13.7. The van der Waals surface area contributed by atoms with Crippen LogP contribution < -0.4 is 5.32 Å². The summed E-state index contributed by atoms with van der Waals surface area (Å²) in [6.45, 7) is 7.46. The van der Waals surface area contributed by atoms with E-state index in [4.69, 9.17) is 4.74 Å². The number of ether oxygens (including phenoxy) is 1. The fourth-order valence-electron chi connectivity index (χ4n) is 5.45. The SMILES string of the molecule is CCn1cc(C2=C(c3cn(CC#N)c4ccccc34)C(=O)N(CCC(=O)CNC(=O)OC(C)(C)C)C2=O)c2ccccc21. The molecule has 0 aliphatic carbocycles. The van der Waals surface area contributed by atoms with Crippen molar-refractivity contribution in [1.82, 2.24) is 19.4 Å². The van der Waals surface area contributed by atoms with Crippen LogP contribution >= 0.6 is 0 Å². The summed E-state index contributed by atoms with van der Waals surface area (Å²) in [7, 11) is 0. The predicted molar refractivity (Wildman–Crippen MR) is 163 cm³/mol. The van der Waals surface area contributed by atoms with Crippen LogP contribution in [0.4, 0.5) is 4.79 Å². The first-order chi connectivity index (χ1) is 20.5. The van der Waals surface area contributed by atoms with Gasteiger partial charge in [-0.25, -0.2) is 4.79 Å². The lowest BCUT2D eigenvalue weighted by molar-refractivity contribution is -0.136. The van der Waals surface area contributed by atoms with Crippen LogP contribution in [0.25, 0.3) is 33.0 Å². The predicted octanol–water partition coefficient (Wildman–Crippen LogP) is 4.90. The number of Topliss-reactive ketones (excluding diaryl/α,β-unsaturated/α-hetero) is 1. The largest absolute Gasteiger partial charge is 0.444 e. The van der Waals surface area contributed by atoms with E-state index >= 15 is 0 Å². The van der Waals surface area contributed by atoms with Gasteiger partial charge in [-0.15, -0.1) is 0 Å². The Balaban J connectivity index is 1.54. The second-order valence-corrected chi connectivity index (χ2v) is 11.3. The number of ketones is 1. The highest BCUT2D eigenvalue weighted by Crippen LogP contribution is 2.41. The second-order valence-electron chi connectivity index (χ2n) is 11.3. The first-order valence-corrected chi connectivity index (χ1v) is 14.2. The van der Waals surface area contributed by atoms with E-state index in [0.29, 0.717) is 17.7 Å². The summed E-state index contributed by atoms with van der Waals surface area (Å²) in [6, 6.07) is 17.3. The highest BCUT2D eigenvalue weighted by molar-refractivity contribution is 6.50. The Bertz CT molecular complexity index is 1850. The number of nitrogens with one attached hydrogen (secondary N) is 1. The molecule has 43 heavy (non-hydrogen) atoms. The number of alkyl carbamates (subject to hydrolysis) is 1. The summed E-state index contributed by atoms with van der Waals surface area (Å²) >= 11 is 0. The molecule has 0 saturated carbocycles. The molecule has 0 spiro atoms. The molecule has 220 valence electrons. The van der Waals surface area contributed by atoms with Crippen molar-refractivity contribution in [2.24, 2.45) is 0 Å². The van der Waals surface area contributed by atoms with Gasteiger partial charge in [-0.05, 0) is 39.8 Å². The summed E-state index contributed by atoms with van der Waals surface area (Å²) in [6.07, 6.45) is 2.77. The molecule has 2 aromatic carbocycles. The Hall–Kier alpha value is -5.17. The van der Waals surface area contributed by atoms with E-state index in [0.717, 1.165) is 26.7 Å². The first-order valence-electron chi connectivity index (χ1n) is 14.2. The number of para-hydroxylation sites is 2. The molecule has 5 rings (SSSR count). The Morgan fingerprint density at radius 2 is 1.42 bits per heavy atom. The quantitative estimate of drug-likeness (QED) is 0.281. The van der Waals surface area contributed by atoms with Crippen molar-refractivity contribution in [2.75, 3.05) is 13.1 Å². The third-order valence-corrected chi connectivity index (χ3v) is 7.31. The number of nitriles is 1. The topological polar surface area (TPSA) is 126 Å². The molecule has 0 bridgehead atoms. The van der Waals surface area contributed by atoms with Crippen LogP contribution in [0.1, 0.15) is 45.2 Å². The first kappa shape index (κ1) is 29.3. The number of imide groups is 1. The lowest BCUT2D eigenvalue weighted by Gasteiger charge is -2.19. The molecular formula is C33H33N5O5. The average molecular weight is 580 g/mol. The van der Waals surface area contributed by atoms with Gasteiger partial charge in [-0.1, -0.05) is 36.4 Å². The van der Waals surface area contributed by atoms with Crippen LogP contribution in [-0.4, -0.2) is 56.4 Å². The minimum atomic E-state index is -0.721. The molecule has 3 heterocycles. The van der Waals surface area contributed by atoms with Crippen LogP contribution in [0.3, 0.4) is 0 Å². The number of aromatic nitrogens is 2. The van der Waals surface area contributed by atoms with Crippen molar-refractivity contribution >= 4 is 56.6 Å². The lowest BCUT2D eigenvalue weighted by Crippen LogP contribution is -2.37. The number of rotatable bonds is 9. The minimum absolute atomic E-state index is 0.0727. The lowest BCUT2D eigenvalue weighted by atomic mass is 9.95. The molecule has 10 nitrogen and oxygen atoms in total. The van der Waals surface area contributed by atoms with Gasteiger partial charge in [0.1, 0.15) is 12.1 Å². The zero-order valence-corrected chi connectivity index (χ0v) is 24.6. The Morgan fingerprint density at radius 3 is 1.95 bits per heavy atom. The molecule has 0 saturated heterocycles. The maximum atomic E-state index is 14.1. The third-order valence-electron chi connectivity index (χ3n) is 7.31. The number of hydrogen-bond acceptors (Lipinski definition) is 6. The number of amides is 3. The van der Waals surface area contributed by atoms with E-state index in [-0.39, 0.29) is 43.0 Å². The third kappa shape index (κ3) is 5.66. The minimum Gasteiger partial charge on any atom is -0.444 e. The van der Waals surface area contributed by atoms with Gasteiger partial charge in [0.05, 0.1) is 23.8 Å². The molecule has 2 aromatic heterocycles. The molecule has 0 atom stereocenters. The summed E-state index contributed by atoms with van der Waals surface area (Å²) < 4.78 is 8.96. The molecule has 0 unspecified atom stereocenters. The number of hydrogen-bond donors (Lipinski definition) is 1. The van der Waals surface area contributed by atoms with Crippen molar-refractivity contribution in [2.45, 2.75) is 52.8 Å². The second kappa shape index (κ2) is 11.6. The van der Waals surface area contributed by atoms with E-state index in [1.807, 2.05) is 66.2 Å². The maximum Gasteiger partial charge on any atom is 0.408 e. The van der Waals surface area contributed by atoms with Crippen molar-refractivity contribution in [1.29, 1.82) is 5.26 Å². The standard InChI is InChI=1S/C33H33N5O5/c1-5-36-19-24(22-10-6-8-12-26(22)36)28-29(25-20-37(17-15-34)27-13-9-7-11-23(25)27)31(41)38(30(28)40)16-14-21(39)18-35-32(42)43-33(2,3)4/h6-13,19-20H,5,14,16-18H2,1-4H3,(H,35,42). The highest BCUT2D eigenvalue weighted by atomic mass is 16.6. The maximum absolute atomic E-state index is 14.1. The molecule has 1 aliphatic rings. The van der Waals surface area contributed by atoms with Crippen molar-refractivity contribution < 1.29 is 23.9 Å². The van der Waals surface area contributed by atoms with Gasteiger partial charge in [0.2, 0.25) is 0 Å². The number of fused-ring (bicyclic) bond motifs is 2. The van der Waals surface area contributed by atoms with Gasteiger partial charge in [-0.3, -0.25) is 19.3 Å². The van der Waals surface area contributed by atoms with Crippen molar-refractivity contribution in [3.8, 4) is 6.07 Å². The Labute approximate surface area is 249 Å². The summed E-state index contributed by atoms with van der Waals surface area (Å²) in [4.78, 5) is 54.0. The smallest absolute Gasteiger partial charge is 0.408 e. The van der Waals surface area contributed by atoms with E-state index in [9.17, 15) is 24.4 Å². The zero-order chi connectivity index (χ0) is 30.9. The van der Waals surface area contributed by atoms with Crippen molar-refractivity contribution in [3.05, 3.63) is 72.1 Å². The molecular weight excluding hydrogens is 546 g/mol. The van der Waals surface area contributed by atoms with E-state index < -0.39 is 23.5 Å². The molecule has 0 fully saturated rings. The van der Waals surface area contributed by atoms with Crippen LogP contribution in [0.5, 0.6) is 0 Å². The van der Waals surface area contributed by atoms with Crippen LogP contribution in [0.15, 0.2) is 60.9 Å². The number of nitrogens with zero attached hydrogens (tertiary/aromatic N) is 4. The molecule has 1 aliphatic heterocycles. The van der Waals surface area contributed by atoms with Gasteiger partial charge in [0.25, 0.3) is 11.8 Å².